The summed E-state index contributed by atoms with van der Waals surface area (Å²) in [6, 6.07) is -2.94. The van der Waals surface area contributed by atoms with Crippen LogP contribution in [0, 0.1) is 11.8 Å². The van der Waals surface area contributed by atoms with Crippen LogP contribution < -0.4 is 16.0 Å². The van der Waals surface area contributed by atoms with Gasteiger partial charge < -0.3 is 20.7 Å². The third-order valence-corrected chi connectivity index (χ3v) is 3.61. The molecule has 0 aliphatic heterocycles. The minimum atomic E-state index is -0.836. The number of ether oxygens (including phenoxy) is 1. The van der Waals surface area contributed by atoms with Gasteiger partial charge in [0.05, 0.1) is 13.2 Å². The van der Waals surface area contributed by atoms with Crippen LogP contribution in [0.4, 0.5) is 4.79 Å². The molecule has 0 aliphatic carbocycles. The van der Waals surface area contributed by atoms with Gasteiger partial charge in [-0.05, 0) is 25.7 Å². The highest BCUT2D eigenvalue weighted by Crippen LogP contribution is 2.06. The Labute approximate surface area is 143 Å². The van der Waals surface area contributed by atoms with E-state index in [1.165, 1.54) is 14.0 Å². The molecule has 0 fully saturated rings. The molecule has 3 unspecified atom stereocenters. The maximum atomic E-state index is 12.2. The summed E-state index contributed by atoms with van der Waals surface area (Å²) in [6.45, 7) is 10.0. The predicted molar refractivity (Wildman–Crippen MR) is 89.2 cm³/mol. The van der Waals surface area contributed by atoms with Crippen molar-refractivity contribution in [3.63, 3.8) is 0 Å². The summed E-state index contributed by atoms with van der Waals surface area (Å²) in [5.74, 6) is -1.57. The van der Waals surface area contributed by atoms with Gasteiger partial charge in [0.25, 0.3) is 0 Å². The molecule has 0 spiro atoms. The Morgan fingerprint density at radius 1 is 0.792 bits per heavy atom. The second-order valence-electron chi connectivity index (χ2n) is 6.43. The molecule has 3 N–H and O–H groups in total. The first-order valence-electron chi connectivity index (χ1n) is 7.96. The molecule has 0 aliphatic rings. The number of carbonyl (C=O) groups is 4. The van der Waals surface area contributed by atoms with E-state index in [1.54, 1.807) is 34.6 Å². The van der Waals surface area contributed by atoms with Crippen molar-refractivity contribution in [3.05, 3.63) is 0 Å². The highest BCUT2D eigenvalue weighted by Gasteiger charge is 2.29. The van der Waals surface area contributed by atoms with E-state index < -0.39 is 36.0 Å². The van der Waals surface area contributed by atoms with E-state index in [1.807, 2.05) is 0 Å². The fourth-order valence-electron chi connectivity index (χ4n) is 1.89. The zero-order valence-corrected chi connectivity index (χ0v) is 15.4. The molecule has 138 valence electrons. The smallest absolute Gasteiger partial charge is 0.328 e. The van der Waals surface area contributed by atoms with E-state index in [2.05, 4.69) is 20.7 Å². The van der Waals surface area contributed by atoms with Gasteiger partial charge in [-0.15, -0.1) is 0 Å². The molecule has 24 heavy (non-hydrogen) atoms. The van der Waals surface area contributed by atoms with E-state index in [9.17, 15) is 19.2 Å². The molecule has 0 aromatic heterocycles. The Bertz CT molecular complexity index is 476. The van der Waals surface area contributed by atoms with Crippen LogP contribution in [-0.2, 0) is 19.1 Å². The minimum Gasteiger partial charge on any atom is -0.467 e. The number of ketones is 1. The van der Waals surface area contributed by atoms with Gasteiger partial charge in [0, 0.05) is 0 Å². The highest BCUT2D eigenvalue weighted by molar-refractivity contribution is 5.92. The second-order valence-corrected chi connectivity index (χ2v) is 6.43. The van der Waals surface area contributed by atoms with Crippen LogP contribution in [-0.4, -0.2) is 48.9 Å². The first-order valence-corrected chi connectivity index (χ1v) is 7.96. The lowest BCUT2D eigenvalue weighted by Crippen LogP contribution is -2.57. The van der Waals surface area contributed by atoms with Crippen molar-refractivity contribution in [1.82, 2.24) is 16.0 Å². The monoisotopic (exact) mass is 343 g/mol. The molecular formula is C16H29N3O5. The molecule has 0 saturated carbocycles. The molecule has 0 rings (SSSR count). The summed E-state index contributed by atoms with van der Waals surface area (Å²) in [7, 11) is 1.24. The van der Waals surface area contributed by atoms with Crippen molar-refractivity contribution in [3.8, 4) is 0 Å². The maximum absolute atomic E-state index is 12.2. The summed E-state index contributed by atoms with van der Waals surface area (Å²) in [4.78, 5) is 47.3. The summed E-state index contributed by atoms with van der Waals surface area (Å²) < 4.78 is 4.66. The van der Waals surface area contributed by atoms with Crippen LogP contribution in [0.5, 0.6) is 0 Å². The fraction of sp³-hybridized carbons (Fsp3) is 0.750. The molecular weight excluding hydrogens is 314 g/mol. The summed E-state index contributed by atoms with van der Waals surface area (Å²) in [5.41, 5.74) is 0. The van der Waals surface area contributed by atoms with Crippen molar-refractivity contribution < 1.29 is 23.9 Å². The van der Waals surface area contributed by atoms with Crippen LogP contribution >= 0.6 is 0 Å². The third kappa shape index (κ3) is 6.97. The van der Waals surface area contributed by atoms with Crippen LogP contribution in [0.2, 0.25) is 0 Å². The van der Waals surface area contributed by atoms with E-state index in [4.69, 9.17) is 0 Å². The number of amides is 3. The molecule has 0 saturated heterocycles. The molecule has 8 nitrogen and oxygen atoms in total. The summed E-state index contributed by atoms with van der Waals surface area (Å²) in [5, 5.41) is 7.61. The van der Waals surface area contributed by atoms with Gasteiger partial charge in [0.2, 0.25) is 5.91 Å². The number of Topliss-reactive ketones (excluding diaryl/α,β-unsaturated/α-hetero) is 1. The number of esters is 1. The quantitative estimate of drug-likeness (QED) is 0.559. The Balaban J connectivity index is 4.93. The van der Waals surface area contributed by atoms with Gasteiger partial charge >= 0.3 is 12.0 Å². The highest BCUT2D eigenvalue weighted by atomic mass is 16.5. The van der Waals surface area contributed by atoms with Crippen molar-refractivity contribution in [1.29, 1.82) is 0 Å². The molecule has 0 heterocycles. The topological polar surface area (TPSA) is 114 Å². The summed E-state index contributed by atoms with van der Waals surface area (Å²) >= 11 is 0. The number of urea groups is 1. The van der Waals surface area contributed by atoms with Gasteiger partial charge in [0.15, 0.2) is 5.78 Å². The zero-order valence-electron chi connectivity index (χ0n) is 15.4. The van der Waals surface area contributed by atoms with Crippen LogP contribution in [0.1, 0.15) is 41.5 Å². The Kier molecular flexibility index (Phi) is 9.02. The molecule has 3 amide bonds. The lowest BCUT2D eigenvalue weighted by Gasteiger charge is -2.25. The molecule has 3 atom stereocenters. The Morgan fingerprint density at radius 2 is 1.25 bits per heavy atom. The van der Waals surface area contributed by atoms with Crippen LogP contribution in [0.15, 0.2) is 0 Å². The summed E-state index contributed by atoms with van der Waals surface area (Å²) in [6.07, 6.45) is 0. The molecule has 8 heteroatoms. The molecule has 0 aromatic carbocycles. The van der Waals surface area contributed by atoms with Crippen LogP contribution in [0.3, 0.4) is 0 Å². The van der Waals surface area contributed by atoms with Crippen molar-refractivity contribution in [2.45, 2.75) is 59.7 Å². The van der Waals surface area contributed by atoms with Crippen molar-refractivity contribution >= 4 is 23.7 Å². The first-order chi connectivity index (χ1) is 11.0. The van der Waals surface area contributed by atoms with Gasteiger partial charge in [-0.25, -0.2) is 9.59 Å². The minimum absolute atomic E-state index is 0.174. The molecule has 0 bridgehead atoms. The average molecular weight is 343 g/mol. The SMILES string of the molecule is COC(=O)C(NC(=O)NC(C(=O)NC(C)C(C)=O)C(C)C)C(C)C. The zero-order chi connectivity index (χ0) is 19.0. The molecule has 0 radical (unpaired) electrons. The van der Waals surface area contributed by atoms with E-state index >= 15 is 0 Å². The number of carbonyl (C=O) groups excluding carboxylic acids is 4. The van der Waals surface area contributed by atoms with E-state index in [-0.39, 0.29) is 17.6 Å². The number of methoxy groups -OCH3 is 1. The largest absolute Gasteiger partial charge is 0.467 e. The lowest BCUT2D eigenvalue weighted by molar-refractivity contribution is -0.144. The fourth-order valence-corrected chi connectivity index (χ4v) is 1.89. The third-order valence-electron chi connectivity index (χ3n) is 3.61. The number of hydrogen-bond acceptors (Lipinski definition) is 5. The van der Waals surface area contributed by atoms with Gasteiger partial charge in [-0.3, -0.25) is 9.59 Å². The number of rotatable bonds is 8. The average Bonchev–Trinajstić information content (AvgIpc) is 2.48. The van der Waals surface area contributed by atoms with Crippen molar-refractivity contribution in [2.75, 3.05) is 7.11 Å². The van der Waals surface area contributed by atoms with Gasteiger partial charge in [-0.1, -0.05) is 27.7 Å². The first kappa shape index (κ1) is 21.9. The number of hydrogen-bond donors (Lipinski definition) is 3. The van der Waals surface area contributed by atoms with Gasteiger partial charge in [0.1, 0.15) is 12.1 Å². The predicted octanol–water partition coefficient (Wildman–Crippen LogP) is 0.601. The normalized spacial score (nSPS) is 14.5. The van der Waals surface area contributed by atoms with Crippen molar-refractivity contribution in [2.24, 2.45) is 11.8 Å². The van der Waals surface area contributed by atoms with Gasteiger partial charge in [-0.2, -0.15) is 0 Å². The lowest BCUT2D eigenvalue weighted by atomic mass is 10.0. The van der Waals surface area contributed by atoms with E-state index in [0.717, 1.165) is 0 Å². The maximum Gasteiger partial charge on any atom is 0.328 e. The standard InChI is InChI=1S/C16H29N3O5/c1-8(2)12(14(21)17-10(5)11(6)20)18-16(23)19-13(9(3)4)15(22)24-7/h8-10,12-13H,1-7H3,(H,17,21)(H2,18,19,23). The second kappa shape index (κ2) is 9.89. The van der Waals surface area contributed by atoms with E-state index in [0.29, 0.717) is 0 Å². The molecule has 0 aromatic rings. The Hall–Kier alpha value is -2.12. The Morgan fingerprint density at radius 3 is 1.62 bits per heavy atom. The number of nitrogens with one attached hydrogen (secondary N) is 3. The van der Waals surface area contributed by atoms with Crippen LogP contribution in [0.25, 0.3) is 0 Å².